The van der Waals surface area contributed by atoms with Crippen molar-refractivity contribution in [3.63, 3.8) is 0 Å². The largest absolute Gasteiger partial charge is 0.376 e. The van der Waals surface area contributed by atoms with E-state index in [1.165, 1.54) is 38.5 Å². The molecule has 2 nitrogen and oxygen atoms in total. The van der Waals surface area contributed by atoms with E-state index in [4.69, 9.17) is 4.74 Å². The molecule has 0 radical (unpaired) electrons. The maximum absolute atomic E-state index is 6.03. The van der Waals surface area contributed by atoms with E-state index in [0.29, 0.717) is 12.1 Å². The lowest BCUT2D eigenvalue weighted by molar-refractivity contribution is 0.0272. The van der Waals surface area contributed by atoms with Gasteiger partial charge in [-0.15, -0.1) is 0 Å². The van der Waals surface area contributed by atoms with Crippen molar-refractivity contribution in [3.8, 4) is 0 Å². The molecule has 0 amide bonds. The molecule has 0 spiro atoms. The molecule has 0 aromatic rings. The van der Waals surface area contributed by atoms with Crippen LogP contribution in [0.1, 0.15) is 52.4 Å². The van der Waals surface area contributed by atoms with Crippen LogP contribution in [0.2, 0.25) is 0 Å². The van der Waals surface area contributed by atoms with E-state index < -0.39 is 0 Å². The maximum Gasteiger partial charge on any atom is 0.0794 e. The average molecular weight is 237 g/mol. The zero-order valence-corrected chi connectivity index (χ0v) is 11.4. The van der Waals surface area contributed by atoms with Crippen LogP contribution >= 0.6 is 0 Å². The summed E-state index contributed by atoms with van der Waals surface area (Å²) in [5.41, 5.74) is 1.61. The van der Waals surface area contributed by atoms with Crippen molar-refractivity contribution in [1.29, 1.82) is 0 Å². The second-order valence-electron chi connectivity index (χ2n) is 5.32. The third kappa shape index (κ3) is 3.56. The number of nitrogens with one attached hydrogen (secondary N) is 1. The Morgan fingerprint density at radius 3 is 2.71 bits per heavy atom. The van der Waals surface area contributed by atoms with Crippen molar-refractivity contribution in [2.75, 3.05) is 13.2 Å². The monoisotopic (exact) mass is 237 g/mol. The fourth-order valence-electron chi connectivity index (χ4n) is 2.95. The molecule has 0 aliphatic heterocycles. The molecule has 1 N–H and O–H groups in total. The molecule has 2 unspecified atom stereocenters. The molecule has 2 aliphatic rings. The zero-order chi connectivity index (χ0) is 12.1. The minimum Gasteiger partial charge on any atom is -0.376 e. The van der Waals surface area contributed by atoms with Gasteiger partial charge in [0.15, 0.2) is 0 Å². The van der Waals surface area contributed by atoms with Gasteiger partial charge < -0.3 is 10.1 Å². The van der Waals surface area contributed by atoms with Crippen LogP contribution in [0.25, 0.3) is 0 Å². The first-order chi connectivity index (χ1) is 8.36. The third-order valence-corrected chi connectivity index (χ3v) is 3.92. The van der Waals surface area contributed by atoms with Gasteiger partial charge in [-0.25, -0.2) is 0 Å². The van der Waals surface area contributed by atoms with E-state index in [1.54, 1.807) is 5.57 Å². The van der Waals surface area contributed by atoms with Crippen molar-refractivity contribution < 1.29 is 4.74 Å². The predicted molar refractivity (Wildman–Crippen MR) is 72.2 cm³/mol. The average Bonchev–Trinajstić information content (AvgIpc) is 3.19. The van der Waals surface area contributed by atoms with Crippen LogP contribution in [0.15, 0.2) is 11.6 Å². The molecule has 1 fully saturated rings. The number of hydrogen-bond acceptors (Lipinski definition) is 2. The summed E-state index contributed by atoms with van der Waals surface area (Å²) in [6.07, 6.45) is 10.9. The van der Waals surface area contributed by atoms with Crippen molar-refractivity contribution >= 4 is 0 Å². The Balaban J connectivity index is 2.04. The summed E-state index contributed by atoms with van der Waals surface area (Å²) in [5.74, 6) is 0.807. The minimum atomic E-state index is 0.421. The van der Waals surface area contributed by atoms with E-state index in [-0.39, 0.29) is 0 Å². The first-order valence-electron chi connectivity index (χ1n) is 7.40. The standard InChI is InChI=1S/C15H27NO/c1-3-16-14(12-8-6-5-7-9-12)15(17-4-2)13-10-11-13/h8,13-16H,3-7,9-11H2,1-2H3. The van der Waals surface area contributed by atoms with E-state index >= 15 is 0 Å². The van der Waals surface area contributed by atoms with Crippen LogP contribution in [0.3, 0.4) is 0 Å². The second kappa shape index (κ2) is 6.55. The topological polar surface area (TPSA) is 21.3 Å². The molecule has 0 bridgehead atoms. The normalized spacial score (nSPS) is 24.2. The Morgan fingerprint density at radius 1 is 1.35 bits per heavy atom. The van der Waals surface area contributed by atoms with Crippen molar-refractivity contribution in [1.82, 2.24) is 5.32 Å². The predicted octanol–water partition coefficient (Wildman–Crippen LogP) is 3.28. The molecular formula is C15H27NO. The van der Waals surface area contributed by atoms with Gasteiger partial charge >= 0.3 is 0 Å². The van der Waals surface area contributed by atoms with Gasteiger partial charge in [-0.05, 0) is 57.9 Å². The van der Waals surface area contributed by atoms with Gasteiger partial charge in [-0.2, -0.15) is 0 Å². The zero-order valence-electron chi connectivity index (χ0n) is 11.4. The molecule has 2 atom stereocenters. The smallest absolute Gasteiger partial charge is 0.0794 e. The summed E-state index contributed by atoms with van der Waals surface area (Å²) in [6, 6.07) is 0.479. The quantitative estimate of drug-likeness (QED) is 0.686. The summed E-state index contributed by atoms with van der Waals surface area (Å²) >= 11 is 0. The van der Waals surface area contributed by atoms with Gasteiger partial charge in [-0.1, -0.05) is 18.6 Å². The number of allylic oxidation sites excluding steroid dienone is 1. The molecule has 1 saturated carbocycles. The SMILES string of the molecule is CCNC(C1=CCCCC1)C(OCC)C1CC1. The van der Waals surface area contributed by atoms with Gasteiger partial charge in [0, 0.05) is 6.61 Å². The van der Waals surface area contributed by atoms with Gasteiger partial charge in [0.2, 0.25) is 0 Å². The summed E-state index contributed by atoms with van der Waals surface area (Å²) in [7, 11) is 0. The van der Waals surface area contributed by atoms with E-state index in [9.17, 15) is 0 Å². The van der Waals surface area contributed by atoms with E-state index in [2.05, 4.69) is 25.2 Å². The highest BCUT2D eigenvalue weighted by molar-refractivity contribution is 5.17. The molecule has 0 aromatic heterocycles. The lowest BCUT2D eigenvalue weighted by Gasteiger charge is -2.31. The van der Waals surface area contributed by atoms with Crippen LogP contribution in [-0.2, 0) is 4.74 Å². The second-order valence-corrected chi connectivity index (χ2v) is 5.32. The summed E-state index contributed by atoms with van der Waals surface area (Å²) in [4.78, 5) is 0. The molecule has 2 heteroatoms. The molecule has 98 valence electrons. The Kier molecular flexibility index (Phi) is 5.05. The fraction of sp³-hybridized carbons (Fsp3) is 0.867. The maximum atomic E-state index is 6.03. The van der Waals surface area contributed by atoms with Crippen LogP contribution < -0.4 is 5.32 Å². The van der Waals surface area contributed by atoms with Gasteiger partial charge in [0.05, 0.1) is 12.1 Å². The first kappa shape index (κ1) is 13.1. The molecule has 0 aromatic carbocycles. The molecule has 2 aliphatic carbocycles. The van der Waals surface area contributed by atoms with Crippen LogP contribution in [0.4, 0.5) is 0 Å². The van der Waals surface area contributed by atoms with Crippen molar-refractivity contribution in [2.45, 2.75) is 64.5 Å². The molecule has 0 saturated heterocycles. The van der Waals surface area contributed by atoms with Crippen LogP contribution in [0.5, 0.6) is 0 Å². The van der Waals surface area contributed by atoms with Crippen LogP contribution in [-0.4, -0.2) is 25.3 Å². The van der Waals surface area contributed by atoms with Crippen molar-refractivity contribution in [2.24, 2.45) is 5.92 Å². The van der Waals surface area contributed by atoms with Gasteiger partial charge in [0.25, 0.3) is 0 Å². The molecule has 0 heterocycles. The summed E-state index contributed by atoms with van der Waals surface area (Å²) < 4.78 is 6.03. The Morgan fingerprint density at radius 2 is 2.18 bits per heavy atom. The lowest BCUT2D eigenvalue weighted by Crippen LogP contribution is -2.44. The van der Waals surface area contributed by atoms with Crippen LogP contribution in [0, 0.1) is 5.92 Å². The molecule has 2 rings (SSSR count). The fourth-order valence-corrected chi connectivity index (χ4v) is 2.95. The van der Waals surface area contributed by atoms with Gasteiger partial charge in [0.1, 0.15) is 0 Å². The first-order valence-corrected chi connectivity index (χ1v) is 7.40. The number of ether oxygens (including phenoxy) is 1. The Labute approximate surface area is 106 Å². The van der Waals surface area contributed by atoms with Gasteiger partial charge in [-0.3, -0.25) is 0 Å². The summed E-state index contributed by atoms with van der Waals surface area (Å²) in [6.45, 7) is 6.20. The highest BCUT2D eigenvalue weighted by atomic mass is 16.5. The molecule has 17 heavy (non-hydrogen) atoms. The Hall–Kier alpha value is -0.340. The molecular weight excluding hydrogens is 210 g/mol. The number of likely N-dealkylation sites (N-methyl/N-ethyl adjacent to an activating group) is 1. The highest BCUT2D eigenvalue weighted by Crippen LogP contribution is 2.38. The summed E-state index contributed by atoms with van der Waals surface area (Å²) in [5, 5.41) is 3.67. The Bertz CT molecular complexity index is 258. The number of hydrogen-bond donors (Lipinski definition) is 1. The highest BCUT2D eigenvalue weighted by Gasteiger charge is 2.38. The minimum absolute atomic E-state index is 0.421. The van der Waals surface area contributed by atoms with E-state index in [1.807, 2.05) is 0 Å². The lowest BCUT2D eigenvalue weighted by atomic mass is 9.89. The van der Waals surface area contributed by atoms with E-state index in [0.717, 1.165) is 19.1 Å². The van der Waals surface area contributed by atoms with Crippen molar-refractivity contribution in [3.05, 3.63) is 11.6 Å². The third-order valence-electron chi connectivity index (χ3n) is 3.92. The number of rotatable bonds is 7.